The molecule has 0 unspecified atom stereocenters. The summed E-state index contributed by atoms with van der Waals surface area (Å²) in [5, 5.41) is 0.773. The Hall–Kier alpha value is -3.21. The number of fused-ring (bicyclic) bond motifs is 2. The number of aryl methyl sites for hydroxylation is 1. The average Bonchev–Trinajstić information content (AvgIpc) is 2.86. The summed E-state index contributed by atoms with van der Waals surface area (Å²) < 4.78 is 1.34. The zero-order valence-corrected chi connectivity index (χ0v) is 12.4. The first-order valence-corrected chi connectivity index (χ1v) is 7.25. The molecule has 1 N–H and O–H groups in total. The molecule has 0 atom stereocenters. The van der Waals surface area contributed by atoms with Gasteiger partial charge in [0.05, 0.1) is 10.9 Å². The van der Waals surface area contributed by atoms with Crippen LogP contribution in [-0.2, 0) is 0 Å². The van der Waals surface area contributed by atoms with Gasteiger partial charge in [-0.1, -0.05) is 42.0 Å². The molecule has 0 amide bonds. The van der Waals surface area contributed by atoms with Crippen molar-refractivity contribution in [2.24, 2.45) is 0 Å². The molecule has 0 aliphatic carbocycles. The Morgan fingerprint density at radius 2 is 1.78 bits per heavy atom. The summed E-state index contributed by atoms with van der Waals surface area (Å²) in [7, 11) is 0. The second-order valence-corrected chi connectivity index (χ2v) is 5.49. The molecule has 0 spiro atoms. The molecule has 0 bridgehead atoms. The van der Waals surface area contributed by atoms with Gasteiger partial charge in [0, 0.05) is 0 Å². The molecule has 112 valence electrons. The van der Waals surface area contributed by atoms with Crippen molar-refractivity contribution < 1.29 is 0 Å². The molecule has 23 heavy (non-hydrogen) atoms. The minimum absolute atomic E-state index is 0.248. The molecule has 0 aliphatic rings. The smallest absolute Gasteiger partial charge is 0.275 e. The molecule has 4 aromatic rings. The summed E-state index contributed by atoms with van der Waals surface area (Å²) in [5.41, 5.74) is 1.98. The number of hydrogen-bond acceptors (Lipinski definition) is 3. The highest BCUT2D eigenvalue weighted by atomic mass is 16.1. The largest absolute Gasteiger partial charge is 0.290 e. The number of nitrogens with one attached hydrogen (secondary N) is 1. The Morgan fingerprint density at radius 3 is 2.57 bits per heavy atom. The lowest BCUT2D eigenvalue weighted by atomic mass is 10.1. The lowest BCUT2D eigenvalue weighted by molar-refractivity contribution is 1.05. The van der Waals surface area contributed by atoms with Crippen LogP contribution in [-0.4, -0.2) is 14.4 Å². The molecule has 2 aromatic carbocycles. The molecule has 4 rings (SSSR count). The highest BCUT2D eigenvalue weighted by molar-refractivity contribution is 5.79. The minimum atomic E-state index is -0.328. The normalized spacial score (nSPS) is 12.3. The van der Waals surface area contributed by atoms with Crippen molar-refractivity contribution in [3.05, 3.63) is 85.7 Å². The van der Waals surface area contributed by atoms with Crippen LogP contribution in [0.1, 0.15) is 11.1 Å². The molecule has 5 nitrogen and oxygen atoms in total. The minimum Gasteiger partial charge on any atom is -0.290 e. The Morgan fingerprint density at radius 1 is 1.04 bits per heavy atom. The van der Waals surface area contributed by atoms with E-state index in [4.69, 9.17) is 0 Å². The van der Waals surface area contributed by atoms with Gasteiger partial charge in [0.1, 0.15) is 5.35 Å². The maximum atomic E-state index is 12.7. The van der Waals surface area contributed by atoms with Gasteiger partial charge in [-0.25, -0.2) is 9.38 Å². The van der Waals surface area contributed by atoms with E-state index in [0.29, 0.717) is 10.9 Å². The molecule has 5 heteroatoms. The fourth-order valence-corrected chi connectivity index (χ4v) is 2.66. The van der Waals surface area contributed by atoms with Crippen LogP contribution in [0.3, 0.4) is 0 Å². The van der Waals surface area contributed by atoms with Gasteiger partial charge in [-0.05, 0) is 30.7 Å². The van der Waals surface area contributed by atoms with E-state index in [2.05, 4.69) is 9.97 Å². The standard InChI is InChI=1S/C18H13N3O2/c1-11-6-8-12(9-7-11)10-15-16(22)20-18-19-14-5-3-2-4-13(14)17(23)21(15)18/h2-10H,1H3,(H,19,20,22)/b15-10-. The van der Waals surface area contributed by atoms with Crippen molar-refractivity contribution in [2.45, 2.75) is 6.92 Å². The molecule has 0 radical (unpaired) electrons. The van der Waals surface area contributed by atoms with Crippen LogP contribution in [0, 0.1) is 6.92 Å². The maximum absolute atomic E-state index is 12.7. The van der Waals surface area contributed by atoms with Crippen molar-refractivity contribution in [2.75, 3.05) is 0 Å². The van der Waals surface area contributed by atoms with Gasteiger partial charge in [-0.3, -0.25) is 14.6 Å². The number of imidazole rings is 1. The zero-order chi connectivity index (χ0) is 16.0. The third kappa shape index (κ3) is 2.14. The third-order valence-electron chi connectivity index (χ3n) is 3.86. The topological polar surface area (TPSA) is 67.2 Å². The van der Waals surface area contributed by atoms with Crippen molar-refractivity contribution in [3.8, 4) is 0 Å². The lowest BCUT2D eigenvalue weighted by Gasteiger charge is -1.98. The van der Waals surface area contributed by atoms with Gasteiger partial charge in [0.15, 0.2) is 0 Å². The summed E-state index contributed by atoms with van der Waals surface area (Å²) in [5.74, 6) is 0.261. The van der Waals surface area contributed by atoms with Gasteiger partial charge in [0.25, 0.3) is 11.1 Å². The molecular weight excluding hydrogens is 290 g/mol. The predicted octanol–water partition coefficient (Wildman–Crippen LogP) is 1.39. The molecule has 2 aromatic heterocycles. The van der Waals surface area contributed by atoms with Crippen molar-refractivity contribution in [1.29, 1.82) is 0 Å². The second-order valence-electron chi connectivity index (χ2n) is 5.49. The van der Waals surface area contributed by atoms with Crippen molar-refractivity contribution >= 4 is 22.8 Å². The average molecular weight is 303 g/mol. The van der Waals surface area contributed by atoms with E-state index in [1.165, 1.54) is 4.40 Å². The number of benzene rings is 2. The van der Waals surface area contributed by atoms with E-state index in [0.717, 1.165) is 11.1 Å². The van der Waals surface area contributed by atoms with E-state index in [1.807, 2.05) is 37.3 Å². The number of nitrogens with zero attached hydrogens (tertiary/aromatic N) is 2. The van der Waals surface area contributed by atoms with E-state index < -0.39 is 0 Å². The van der Waals surface area contributed by atoms with Gasteiger partial charge >= 0.3 is 0 Å². The summed E-state index contributed by atoms with van der Waals surface area (Å²) in [6.45, 7) is 2.00. The van der Waals surface area contributed by atoms with Gasteiger partial charge in [-0.15, -0.1) is 0 Å². The number of rotatable bonds is 1. The van der Waals surface area contributed by atoms with E-state index >= 15 is 0 Å². The molecule has 0 saturated carbocycles. The van der Waals surface area contributed by atoms with Crippen LogP contribution in [0.5, 0.6) is 0 Å². The van der Waals surface area contributed by atoms with Crippen molar-refractivity contribution in [1.82, 2.24) is 14.4 Å². The maximum Gasteiger partial charge on any atom is 0.275 e. The number of hydrogen-bond donors (Lipinski definition) is 1. The van der Waals surface area contributed by atoms with Crippen LogP contribution in [0.4, 0.5) is 0 Å². The quantitative estimate of drug-likeness (QED) is 0.578. The lowest BCUT2D eigenvalue weighted by Crippen LogP contribution is -2.32. The number of aromatic nitrogens is 3. The number of para-hydroxylation sites is 1. The van der Waals surface area contributed by atoms with Crippen LogP contribution in [0.15, 0.2) is 58.1 Å². The van der Waals surface area contributed by atoms with Gasteiger partial charge in [-0.2, -0.15) is 0 Å². The van der Waals surface area contributed by atoms with Crippen LogP contribution in [0.25, 0.3) is 22.8 Å². The summed E-state index contributed by atoms with van der Waals surface area (Å²) >= 11 is 0. The first-order valence-electron chi connectivity index (χ1n) is 7.25. The summed E-state index contributed by atoms with van der Waals surface area (Å²) in [6.07, 6.45) is 1.70. The van der Waals surface area contributed by atoms with Crippen LogP contribution >= 0.6 is 0 Å². The monoisotopic (exact) mass is 303 g/mol. The second kappa shape index (κ2) is 4.91. The van der Waals surface area contributed by atoms with Crippen LogP contribution < -0.4 is 16.5 Å². The molecule has 0 fully saturated rings. The zero-order valence-electron chi connectivity index (χ0n) is 12.4. The predicted molar refractivity (Wildman–Crippen MR) is 89.6 cm³/mol. The number of aromatic amines is 1. The molecular formula is C18H13N3O2. The fourth-order valence-electron chi connectivity index (χ4n) is 2.66. The van der Waals surface area contributed by atoms with Crippen molar-refractivity contribution in [3.63, 3.8) is 0 Å². The molecule has 0 aliphatic heterocycles. The highest BCUT2D eigenvalue weighted by Gasteiger charge is 2.09. The summed E-state index contributed by atoms with van der Waals surface area (Å²) in [6, 6.07) is 14.8. The Labute approximate surface area is 130 Å². The molecule has 2 heterocycles. The van der Waals surface area contributed by atoms with E-state index in [1.54, 1.807) is 24.3 Å². The van der Waals surface area contributed by atoms with Crippen LogP contribution in [0.2, 0.25) is 0 Å². The Balaban J connectivity index is 2.13. The summed E-state index contributed by atoms with van der Waals surface area (Å²) in [4.78, 5) is 32.0. The number of H-pyrrole nitrogens is 1. The fraction of sp³-hybridized carbons (Fsp3) is 0.0556. The van der Waals surface area contributed by atoms with Gasteiger partial charge in [0.2, 0.25) is 5.78 Å². The Kier molecular flexibility index (Phi) is 2.87. The first-order chi connectivity index (χ1) is 11.1. The highest BCUT2D eigenvalue weighted by Crippen LogP contribution is 2.06. The molecule has 0 saturated heterocycles. The first kappa shape index (κ1) is 13.5. The van der Waals surface area contributed by atoms with Gasteiger partial charge < -0.3 is 0 Å². The third-order valence-corrected chi connectivity index (χ3v) is 3.86. The van der Waals surface area contributed by atoms with E-state index in [9.17, 15) is 9.59 Å². The van der Waals surface area contributed by atoms with E-state index in [-0.39, 0.29) is 22.2 Å². The Bertz CT molecular complexity index is 1200. The SMILES string of the molecule is Cc1ccc(/C=c2/c(=O)[nH]c3nc4ccccc4c(=O)n23)cc1.